The van der Waals surface area contributed by atoms with Crippen LogP contribution >= 0.6 is 0 Å². The zero-order valence-electron chi connectivity index (χ0n) is 16.8. The molecule has 2 aromatic carbocycles. The molecule has 0 aliphatic carbocycles. The summed E-state index contributed by atoms with van der Waals surface area (Å²) >= 11 is 0. The van der Waals surface area contributed by atoms with Crippen molar-refractivity contribution in [2.75, 3.05) is 12.4 Å². The Balaban J connectivity index is 1.65. The van der Waals surface area contributed by atoms with Crippen LogP contribution in [0.3, 0.4) is 0 Å². The van der Waals surface area contributed by atoms with E-state index >= 15 is 0 Å². The summed E-state index contributed by atoms with van der Waals surface area (Å²) in [5.41, 5.74) is 4.96. The highest BCUT2D eigenvalue weighted by Gasteiger charge is 2.41. The molecule has 7 heteroatoms. The van der Waals surface area contributed by atoms with Gasteiger partial charge >= 0.3 is 0 Å². The van der Waals surface area contributed by atoms with Gasteiger partial charge in [0.15, 0.2) is 6.10 Å². The molecule has 2 atom stereocenters. The van der Waals surface area contributed by atoms with Crippen molar-refractivity contribution in [3.8, 4) is 11.5 Å². The van der Waals surface area contributed by atoms with Gasteiger partial charge in [0.1, 0.15) is 23.9 Å². The number of nitrogens with one attached hydrogen (secondary N) is 1. The van der Waals surface area contributed by atoms with Crippen LogP contribution in [0.15, 0.2) is 85.0 Å². The molecule has 0 saturated heterocycles. The predicted octanol–water partition coefficient (Wildman–Crippen LogP) is 4.24. The molecule has 2 aliphatic rings. The van der Waals surface area contributed by atoms with E-state index in [0.29, 0.717) is 5.95 Å². The molecule has 0 bridgehead atoms. The Kier molecular flexibility index (Phi) is 3.99. The van der Waals surface area contributed by atoms with Crippen LogP contribution in [0.5, 0.6) is 11.5 Å². The van der Waals surface area contributed by atoms with E-state index in [1.54, 1.807) is 19.6 Å². The standard InChI is InChI=1S/C24H19N5O2/c1-30-18-10-4-3-9-17(18)23-20-21(16-8-2-5-11-19(16)31-23)28-24-26-14-27-29(24)22(20)15-7-6-12-25-13-15/h2-14,22-23H,1H3,(H,26,27,28). The van der Waals surface area contributed by atoms with E-state index < -0.39 is 0 Å². The quantitative estimate of drug-likeness (QED) is 0.546. The smallest absolute Gasteiger partial charge is 0.226 e. The van der Waals surface area contributed by atoms with Gasteiger partial charge in [0, 0.05) is 29.1 Å². The van der Waals surface area contributed by atoms with Gasteiger partial charge in [-0.1, -0.05) is 36.4 Å². The number of rotatable bonds is 3. The predicted molar refractivity (Wildman–Crippen MR) is 116 cm³/mol. The van der Waals surface area contributed by atoms with Gasteiger partial charge in [0.05, 0.1) is 12.8 Å². The first-order valence-corrected chi connectivity index (χ1v) is 10.0. The van der Waals surface area contributed by atoms with Gasteiger partial charge in [-0.3, -0.25) is 4.98 Å². The lowest BCUT2D eigenvalue weighted by Gasteiger charge is -2.39. The van der Waals surface area contributed by atoms with Gasteiger partial charge in [0.25, 0.3) is 0 Å². The first kappa shape index (κ1) is 17.7. The molecule has 2 unspecified atom stereocenters. The first-order chi connectivity index (χ1) is 15.3. The fraction of sp³-hybridized carbons (Fsp3) is 0.125. The highest BCUT2D eigenvalue weighted by Crippen LogP contribution is 2.51. The molecule has 0 fully saturated rings. The summed E-state index contributed by atoms with van der Waals surface area (Å²) in [5, 5.41) is 8.03. The molecule has 0 saturated carbocycles. The second kappa shape index (κ2) is 6.98. The highest BCUT2D eigenvalue weighted by atomic mass is 16.5. The van der Waals surface area contributed by atoms with Crippen molar-refractivity contribution in [3.63, 3.8) is 0 Å². The number of para-hydroxylation sites is 2. The number of fused-ring (bicyclic) bond motifs is 3. The van der Waals surface area contributed by atoms with Crippen LogP contribution in [-0.4, -0.2) is 26.9 Å². The molecule has 2 aromatic heterocycles. The minimum atomic E-state index is -0.379. The number of anilines is 1. The number of nitrogens with zero attached hydrogens (tertiary/aromatic N) is 4. The van der Waals surface area contributed by atoms with E-state index in [4.69, 9.17) is 9.47 Å². The Hall–Kier alpha value is -4.13. The molecule has 31 heavy (non-hydrogen) atoms. The molecule has 152 valence electrons. The van der Waals surface area contributed by atoms with Crippen molar-refractivity contribution < 1.29 is 9.47 Å². The van der Waals surface area contributed by atoms with Crippen LogP contribution in [0.25, 0.3) is 5.70 Å². The van der Waals surface area contributed by atoms with Crippen molar-refractivity contribution in [2.45, 2.75) is 12.1 Å². The minimum absolute atomic E-state index is 0.231. The first-order valence-electron chi connectivity index (χ1n) is 10.0. The Bertz CT molecular complexity index is 1300. The van der Waals surface area contributed by atoms with E-state index in [9.17, 15) is 0 Å². The maximum Gasteiger partial charge on any atom is 0.226 e. The maximum atomic E-state index is 6.61. The largest absolute Gasteiger partial charge is 0.496 e. The third-order valence-corrected chi connectivity index (χ3v) is 5.74. The molecule has 0 spiro atoms. The summed E-state index contributed by atoms with van der Waals surface area (Å²) in [6, 6.07) is 19.7. The van der Waals surface area contributed by atoms with E-state index in [0.717, 1.165) is 39.5 Å². The second-order valence-electron chi connectivity index (χ2n) is 7.41. The Labute approximate surface area is 179 Å². The molecule has 0 amide bonds. The second-order valence-corrected chi connectivity index (χ2v) is 7.41. The Morgan fingerprint density at radius 3 is 2.77 bits per heavy atom. The van der Waals surface area contributed by atoms with Crippen LogP contribution < -0.4 is 14.8 Å². The van der Waals surface area contributed by atoms with Gasteiger partial charge in [-0.2, -0.15) is 10.1 Å². The number of pyridine rings is 1. The average Bonchev–Trinajstić information content (AvgIpc) is 3.31. The van der Waals surface area contributed by atoms with Crippen LogP contribution in [0.2, 0.25) is 0 Å². The number of hydrogen-bond donors (Lipinski definition) is 1. The lowest BCUT2D eigenvalue weighted by molar-refractivity contribution is 0.217. The topological polar surface area (TPSA) is 74.1 Å². The molecule has 7 nitrogen and oxygen atoms in total. The van der Waals surface area contributed by atoms with Crippen LogP contribution in [0, 0.1) is 0 Å². The van der Waals surface area contributed by atoms with E-state index in [2.05, 4.69) is 32.5 Å². The molecule has 4 heterocycles. The fourth-order valence-corrected chi connectivity index (χ4v) is 4.42. The van der Waals surface area contributed by atoms with Gasteiger partial charge in [-0.05, 0) is 29.8 Å². The van der Waals surface area contributed by atoms with E-state index in [1.807, 2.05) is 59.4 Å². The van der Waals surface area contributed by atoms with Gasteiger partial charge in [0.2, 0.25) is 5.95 Å². The average molecular weight is 409 g/mol. The number of aromatic nitrogens is 4. The Morgan fingerprint density at radius 1 is 1.03 bits per heavy atom. The SMILES string of the molecule is COc1ccccc1C1Oc2ccccc2C2=C1C(c1cccnc1)n1ncnc1N2. The fourth-order valence-electron chi connectivity index (χ4n) is 4.42. The summed E-state index contributed by atoms with van der Waals surface area (Å²) in [7, 11) is 1.68. The summed E-state index contributed by atoms with van der Waals surface area (Å²) in [4.78, 5) is 8.81. The van der Waals surface area contributed by atoms with E-state index in [1.165, 1.54) is 0 Å². The van der Waals surface area contributed by atoms with Crippen molar-refractivity contribution in [2.24, 2.45) is 0 Å². The van der Waals surface area contributed by atoms with Crippen molar-refractivity contribution in [3.05, 3.63) is 102 Å². The van der Waals surface area contributed by atoms with Crippen LogP contribution in [-0.2, 0) is 0 Å². The summed E-state index contributed by atoms with van der Waals surface area (Å²) in [6.07, 6.45) is 4.82. The van der Waals surface area contributed by atoms with Crippen molar-refractivity contribution in [1.82, 2.24) is 19.7 Å². The molecule has 0 radical (unpaired) electrons. The zero-order chi connectivity index (χ0) is 20.8. The lowest BCUT2D eigenvalue weighted by Crippen LogP contribution is -2.32. The molecule has 1 N–H and O–H groups in total. The molecular weight excluding hydrogens is 390 g/mol. The molecule has 2 aliphatic heterocycles. The van der Waals surface area contributed by atoms with Crippen LogP contribution in [0.4, 0.5) is 5.95 Å². The van der Waals surface area contributed by atoms with Gasteiger partial charge < -0.3 is 14.8 Å². The number of hydrogen-bond acceptors (Lipinski definition) is 6. The van der Waals surface area contributed by atoms with Crippen molar-refractivity contribution in [1.29, 1.82) is 0 Å². The monoisotopic (exact) mass is 409 g/mol. The van der Waals surface area contributed by atoms with Gasteiger partial charge in [-0.25, -0.2) is 4.68 Å². The Morgan fingerprint density at radius 2 is 1.90 bits per heavy atom. The molecular formula is C24H19N5O2. The highest BCUT2D eigenvalue weighted by molar-refractivity contribution is 5.85. The maximum absolute atomic E-state index is 6.61. The molecule has 4 aromatic rings. The van der Waals surface area contributed by atoms with E-state index in [-0.39, 0.29) is 12.1 Å². The van der Waals surface area contributed by atoms with Gasteiger partial charge in [-0.15, -0.1) is 0 Å². The molecule has 6 rings (SSSR count). The number of ether oxygens (including phenoxy) is 2. The van der Waals surface area contributed by atoms with Crippen LogP contribution in [0.1, 0.15) is 28.8 Å². The third-order valence-electron chi connectivity index (χ3n) is 5.74. The number of methoxy groups -OCH3 is 1. The number of benzene rings is 2. The van der Waals surface area contributed by atoms with Crippen molar-refractivity contribution >= 4 is 11.6 Å². The minimum Gasteiger partial charge on any atom is -0.496 e. The summed E-state index contributed by atoms with van der Waals surface area (Å²) in [6.45, 7) is 0. The zero-order valence-corrected chi connectivity index (χ0v) is 16.8. The lowest BCUT2D eigenvalue weighted by atomic mass is 9.85. The summed E-state index contributed by atoms with van der Waals surface area (Å²) < 4.78 is 14.2. The normalized spacial score (nSPS) is 18.9. The summed E-state index contributed by atoms with van der Waals surface area (Å²) in [5.74, 6) is 2.26. The third kappa shape index (κ3) is 2.70.